The summed E-state index contributed by atoms with van der Waals surface area (Å²) in [6, 6.07) is 14.6. The van der Waals surface area contributed by atoms with E-state index in [2.05, 4.69) is 10.3 Å². The summed E-state index contributed by atoms with van der Waals surface area (Å²) < 4.78 is 1.93. The number of hydrogen-bond acceptors (Lipinski definition) is 5. The summed E-state index contributed by atoms with van der Waals surface area (Å²) in [6.45, 7) is 6.40. The third kappa shape index (κ3) is 4.78. The van der Waals surface area contributed by atoms with Crippen LogP contribution < -0.4 is 5.73 Å². The van der Waals surface area contributed by atoms with E-state index >= 15 is 0 Å². The van der Waals surface area contributed by atoms with E-state index in [4.69, 9.17) is 10.6 Å². The van der Waals surface area contributed by atoms with E-state index < -0.39 is 4.92 Å². The molecule has 0 amide bonds. The molecule has 2 aromatic carbocycles. The molecule has 29 heavy (non-hydrogen) atoms. The van der Waals surface area contributed by atoms with E-state index in [1.165, 1.54) is 6.07 Å². The van der Waals surface area contributed by atoms with E-state index in [0.29, 0.717) is 17.7 Å². The second-order valence-electron chi connectivity index (χ2n) is 6.85. The average Bonchev–Trinajstić information content (AvgIpc) is 2.99. The highest BCUT2D eigenvalue weighted by molar-refractivity contribution is 5.97. The van der Waals surface area contributed by atoms with Crippen molar-refractivity contribution in [2.75, 3.05) is 0 Å². The van der Waals surface area contributed by atoms with Gasteiger partial charge in [0.05, 0.1) is 17.2 Å². The van der Waals surface area contributed by atoms with Crippen LogP contribution in [0.4, 0.5) is 5.69 Å². The summed E-state index contributed by atoms with van der Waals surface area (Å²) in [5.74, 6) is 0.239. The monoisotopic (exact) mass is 393 g/mol. The molecule has 0 aliphatic carbocycles. The number of oxime groups is 1. The zero-order valence-corrected chi connectivity index (χ0v) is 16.6. The summed E-state index contributed by atoms with van der Waals surface area (Å²) in [5, 5.41) is 19.5. The Bertz CT molecular complexity index is 1070. The van der Waals surface area contributed by atoms with Crippen LogP contribution >= 0.6 is 0 Å². The molecule has 0 unspecified atom stereocenters. The van der Waals surface area contributed by atoms with E-state index in [9.17, 15) is 10.1 Å². The van der Waals surface area contributed by atoms with Crippen LogP contribution in [0.2, 0.25) is 0 Å². The zero-order chi connectivity index (χ0) is 21.0. The number of aryl methyl sites for hydroxylation is 2. The minimum absolute atomic E-state index is 0.0555. The zero-order valence-electron chi connectivity index (χ0n) is 16.6. The van der Waals surface area contributed by atoms with Crippen molar-refractivity contribution in [2.45, 2.75) is 33.9 Å². The minimum Gasteiger partial charge on any atom is -0.389 e. The van der Waals surface area contributed by atoms with Gasteiger partial charge in [0.15, 0.2) is 5.84 Å². The smallest absolute Gasteiger partial charge is 0.272 e. The second kappa shape index (κ2) is 8.55. The Labute approximate surface area is 168 Å². The molecular formula is C21H23N5O3. The number of rotatable bonds is 7. The molecule has 0 saturated carbocycles. The molecule has 0 atom stereocenters. The number of nitro benzene ring substituents is 1. The second-order valence-corrected chi connectivity index (χ2v) is 6.85. The van der Waals surface area contributed by atoms with Gasteiger partial charge in [-0.2, -0.15) is 5.10 Å². The SMILES string of the molecule is Cc1cc(C)n(Cc2cccc(C(N)=NOCc3cccc([N+](=O)[O-])c3C)c2)n1. The molecule has 1 heterocycles. The van der Waals surface area contributed by atoms with E-state index in [1.54, 1.807) is 19.1 Å². The fourth-order valence-corrected chi connectivity index (χ4v) is 3.09. The van der Waals surface area contributed by atoms with Gasteiger partial charge in [0.25, 0.3) is 5.69 Å². The summed E-state index contributed by atoms with van der Waals surface area (Å²) >= 11 is 0. The predicted octanol–water partition coefficient (Wildman–Crippen LogP) is 3.60. The van der Waals surface area contributed by atoms with Crippen LogP contribution in [-0.2, 0) is 18.0 Å². The van der Waals surface area contributed by atoms with Crippen LogP contribution in [0.1, 0.15) is 33.6 Å². The maximum atomic E-state index is 11.0. The van der Waals surface area contributed by atoms with Gasteiger partial charge in [-0.25, -0.2) is 0 Å². The average molecular weight is 393 g/mol. The number of nitrogens with two attached hydrogens (primary N) is 1. The van der Waals surface area contributed by atoms with Crippen LogP contribution in [0.5, 0.6) is 0 Å². The van der Waals surface area contributed by atoms with Crippen molar-refractivity contribution >= 4 is 11.5 Å². The highest BCUT2D eigenvalue weighted by Crippen LogP contribution is 2.21. The Kier molecular flexibility index (Phi) is 5.92. The van der Waals surface area contributed by atoms with Gasteiger partial charge in [-0.3, -0.25) is 14.8 Å². The Balaban J connectivity index is 1.70. The van der Waals surface area contributed by atoms with Crippen LogP contribution in [0, 0.1) is 30.9 Å². The molecule has 0 aliphatic rings. The first-order valence-electron chi connectivity index (χ1n) is 9.14. The van der Waals surface area contributed by atoms with E-state index in [0.717, 1.165) is 22.5 Å². The van der Waals surface area contributed by atoms with Crippen LogP contribution in [0.25, 0.3) is 0 Å². The first-order valence-corrected chi connectivity index (χ1v) is 9.14. The van der Waals surface area contributed by atoms with Crippen molar-refractivity contribution in [3.63, 3.8) is 0 Å². The number of nitrogens with zero attached hydrogens (tertiary/aromatic N) is 4. The molecule has 150 valence electrons. The van der Waals surface area contributed by atoms with Crippen molar-refractivity contribution in [1.29, 1.82) is 0 Å². The summed E-state index contributed by atoms with van der Waals surface area (Å²) in [5.41, 5.74) is 11.2. The molecule has 1 aromatic heterocycles. The quantitative estimate of drug-likeness (QED) is 0.285. The third-order valence-electron chi connectivity index (χ3n) is 4.66. The number of hydrogen-bond donors (Lipinski definition) is 1. The van der Waals surface area contributed by atoms with Crippen LogP contribution in [-0.4, -0.2) is 20.5 Å². The standard InChI is InChI=1S/C21H23N5O3/c1-14-10-15(2)25(23-14)12-17-6-4-7-18(11-17)21(22)24-29-13-19-8-5-9-20(16(19)3)26(27)28/h4-11H,12-13H2,1-3H3,(H2,22,24). The molecule has 3 aromatic rings. The molecular weight excluding hydrogens is 370 g/mol. The molecule has 0 spiro atoms. The van der Waals surface area contributed by atoms with Crippen molar-refractivity contribution in [3.05, 3.63) is 92.3 Å². The topological polar surface area (TPSA) is 109 Å². The van der Waals surface area contributed by atoms with Gasteiger partial charge in [0.2, 0.25) is 0 Å². The van der Waals surface area contributed by atoms with E-state index in [-0.39, 0.29) is 18.1 Å². The summed E-state index contributed by atoms with van der Waals surface area (Å²) in [7, 11) is 0. The van der Waals surface area contributed by atoms with E-state index in [1.807, 2.05) is 48.9 Å². The molecule has 3 rings (SSSR count). The maximum absolute atomic E-state index is 11.0. The Hall–Kier alpha value is -3.68. The molecule has 0 fully saturated rings. The first-order chi connectivity index (χ1) is 13.8. The first kappa shape index (κ1) is 20.1. The number of nitro groups is 1. The lowest BCUT2D eigenvalue weighted by Gasteiger charge is -2.08. The summed E-state index contributed by atoms with van der Waals surface area (Å²) in [4.78, 5) is 16.0. The largest absolute Gasteiger partial charge is 0.389 e. The molecule has 0 bridgehead atoms. The van der Waals surface area contributed by atoms with Gasteiger partial charge in [0, 0.05) is 28.5 Å². The summed E-state index contributed by atoms with van der Waals surface area (Å²) in [6.07, 6.45) is 0. The minimum atomic E-state index is -0.412. The lowest BCUT2D eigenvalue weighted by molar-refractivity contribution is -0.385. The molecule has 0 aliphatic heterocycles. The van der Waals surface area contributed by atoms with Crippen LogP contribution in [0.15, 0.2) is 53.7 Å². The molecule has 8 heteroatoms. The van der Waals surface area contributed by atoms with Crippen LogP contribution in [0.3, 0.4) is 0 Å². The van der Waals surface area contributed by atoms with Crippen molar-refractivity contribution in [2.24, 2.45) is 10.9 Å². The third-order valence-corrected chi connectivity index (χ3v) is 4.66. The van der Waals surface area contributed by atoms with Gasteiger partial charge in [0.1, 0.15) is 6.61 Å². The predicted molar refractivity (Wildman–Crippen MR) is 111 cm³/mol. The Morgan fingerprint density at radius 1 is 1.21 bits per heavy atom. The molecule has 8 nitrogen and oxygen atoms in total. The lowest BCUT2D eigenvalue weighted by atomic mass is 10.1. The Morgan fingerprint density at radius 3 is 2.66 bits per heavy atom. The normalized spacial score (nSPS) is 11.5. The van der Waals surface area contributed by atoms with Gasteiger partial charge in [-0.15, -0.1) is 0 Å². The fraction of sp³-hybridized carbons (Fsp3) is 0.238. The lowest BCUT2D eigenvalue weighted by Crippen LogP contribution is -2.15. The number of aromatic nitrogens is 2. The number of benzene rings is 2. The highest BCUT2D eigenvalue weighted by atomic mass is 16.6. The Morgan fingerprint density at radius 2 is 1.97 bits per heavy atom. The van der Waals surface area contributed by atoms with Crippen molar-refractivity contribution in [3.8, 4) is 0 Å². The molecule has 0 radical (unpaired) electrons. The number of amidine groups is 1. The van der Waals surface area contributed by atoms with Crippen molar-refractivity contribution < 1.29 is 9.76 Å². The maximum Gasteiger partial charge on any atom is 0.272 e. The molecule has 0 saturated heterocycles. The van der Waals surface area contributed by atoms with Crippen molar-refractivity contribution in [1.82, 2.24) is 9.78 Å². The van der Waals surface area contributed by atoms with Gasteiger partial charge in [-0.1, -0.05) is 35.5 Å². The highest BCUT2D eigenvalue weighted by Gasteiger charge is 2.13. The van der Waals surface area contributed by atoms with Gasteiger partial charge in [-0.05, 0) is 38.5 Å². The van der Waals surface area contributed by atoms with Gasteiger partial charge < -0.3 is 10.6 Å². The fourth-order valence-electron chi connectivity index (χ4n) is 3.09. The van der Waals surface area contributed by atoms with Gasteiger partial charge >= 0.3 is 0 Å². The molecule has 2 N–H and O–H groups in total.